The molecule has 285 valence electrons. The summed E-state index contributed by atoms with van der Waals surface area (Å²) in [6, 6.07) is 23.3. The van der Waals surface area contributed by atoms with Crippen LogP contribution in [0.5, 0.6) is 0 Å². The number of carbonyl (C=O) groups excluding carboxylic acids is 1. The van der Waals surface area contributed by atoms with E-state index in [0.29, 0.717) is 28.4 Å². The number of pyridine rings is 1. The molecule has 0 saturated heterocycles. The average molecular weight is 910 g/mol. The van der Waals surface area contributed by atoms with E-state index in [2.05, 4.69) is 94.2 Å². The minimum Gasteiger partial charge on any atom is -0.512 e. The number of hydrogen-bond acceptors (Lipinski definition) is 4. The van der Waals surface area contributed by atoms with Gasteiger partial charge in [-0.15, -0.1) is 46.2 Å². The summed E-state index contributed by atoms with van der Waals surface area (Å²) in [4.78, 5) is 17.5. The minimum atomic E-state index is 0. The van der Waals surface area contributed by atoms with Crippen LogP contribution in [-0.4, -0.2) is 15.9 Å². The van der Waals surface area contributed by atoms with E-state index >= 15 is 0 Å². The maximum absolute atomic E-state index is 11.7. The first-order valence-electron chi connectivity index (χ1n) is 20.5. The second kappa shape index (κ2) is 19.8. The molecule has 0 aliphatic rings. The van der Waals surface area contributed by atoms with Crippen molar-refractivity contribution in [3.05, 3.63) is 113 Å². The third-order valence-electron chi connectivity index (χ3n) is 9.65. The molecule has 1 radical (unpaired) electrons. The van der Waals surface area contributed by atoms with Crippen LogP contribution >= 0.6 is 11.3 Å². The summed E-state index contributed by atoms with van der Waals surface area (Å²) in [6.45, 7) is 22.9. The smallest absolute Gasteiger partial charge is 0.162 e. The van der Waals surface area contributed by atoms with Gasteiger partial charge < -0.3 is 10.1 Å². The molecule has 0 unspecified atom stereocenters. The first-order valence-corrected chi connectivity index (χ1v) is 19.8. The number of aryl methyl sites for hydroxylation is 1. The molecule has 53 heavy (non-hydrogen) atoms. The number of carbonyl (C=O) groups is 1. The number of hydrogen-bond donors (Lipinski definition) is 1. The summed E-state index contributed by atoms with van der Waals surface area (Å²) >= 11 is 1.67. The van der Waals surface area contributed by atoms with Crippen LogP contribution in [0.2, 0.25) is 0 Å². The van der Waals surface area contributed by atoms with Gasteiger partial charge in [-0.25, -0.2) is 0 Å². The summed E-state index contributed by atoms with van der Waals surface area (Å²) in [5.41, 5.74) is 8.84. The Morgan fingerprint density at radius 3 is 1.94 bits per heavy atom. The summed E-state index contributed by atoms with van der Waals surface area (Å²) in [5, 5.41) is 10.8. The van der Waals surface area contributed by atoms with Crippen molar-refractivity contribution in [2.45, 2.75) is 114 Å². The summed E-state index contributed by atoms with van der Waals surface area (Å²) in [7, 11) is 0. The molecule has 0 aliphatic carbocycles. The molecule has 0 amide bonds. The maximum atomic E-state index is 11.7. The normalized spacial score (nSPS) is 12.7. The second-order valence-corrected chi connectivity index (χ2v) is 16.5. The first kappa shape index (κ1) is 39.3. The van der Waals surface area contributed by atoms with E-state index in [1.807, 2.05) is 40.7 Å². The fraction of sp³-hybridized carbons (Fsp3) is 0.417. The van der Waals surface area contributed by atoms with Crippen molar-refractivity contribution < 1.29 is 34.1 Å². The van der Waals surface area contributed by atoms with Crippen molar-refractivity contribution in [2.24, 2.45) is 17.3 Å². The number of benzene rings is 3. The Morgan fingerprint density at radius 1 is 0.868 bits per heavy atom. The van der Waals surface area contributed by atoms with E-state index in [0.717, 1.165) is 47.8 Å². The van der Waals surface area contributed by atoms with Gasteiger partial charge in [0, 0.05) is 59.5 Å². The third-order valence-corrected chi connectivity index (χ3v) is 10.9. The number of thiophene rings is 1. The largest absolute Gasteiger partial charge is 0.512 e. The predicted octanol–water partition coefficient (Wildman–Crippen LogP) is 14.3. The van der Waals surface area contributed by atoms with E-state index in [1.54, 1.807) is 18.3 Å². The Balaban J connectivity index is 0.000000448. The van der Waals surface area contributed by atoms with Crippen molar-refractivity contribution in [3.8, 4) is 32.8 Å². The molecule has 5 rings (SSSR count). The van der Waals surface area contributed by atoms with E-state index in [4.69, 9.17) is 4.11 Å². The molecule has 3 nitrogen and oxygen atoms in total. The zero-order valence-electron chi connectivity index (χ0n) is 36.6. The second-order valence-electron chi connectivity index (χ2n) is 15.5. The zero-order chi connectivity index (χ0) is 40.8. The third kappa shape index (κ3) is 11.6. The Morgan fingerprint density at radius 2 is 1.42 bits per heavy atom. The van der Waals surface area contributed by atoms with Gasteiger partial charge in [-0.05, 0) is 85.4 Å². The molecular formula is C48H60IrNO2S-. The topological polar surface area (TPSA) is 50.2 Å². The van der Waals surface area contributed by atoms with Crippen LogP contribution in [0.25, 0.3) is 42.9 Å². The molecule has 0 fully saturated rings. The number of fused-ring (bicyclic) bond motifs is 1. The molecule has 5 aromatic rings. The van der Waals surface area contributed by atoms with Gasteiger partial charge in [0.1, 0.15) is 0 Å². The van der Waals surface area contributed by atoms with Gasteiger partial charge in [-0.1, -0.05) is 125 Å². The van der Waals surface area contributed by atoms with E-state index in [-0.39, 0.29) is 67.0 Å². The van der Waals surface area contributed by atoms with Gasteiger partial charge in [0.15, 0.2) is 5.78 Å². The summed E-state index contributed by atoms with van der Waals surface area (Å²) in [6.07, 6.45) is 6.14. The monoisotopic (exact) mass is 910 g/mol. The zero-order valence-corrected chi connectivity index (χ0v) is 36.8. The van der Waals surface area contributed by atoms with Crippen molar-refractivity contribution >= 4 is 27.2 Å². The molecule has 1 N–H and O–H groups in total. The molecule has 5 heteroatoms. The van der Waals surface area contributed by atoms with E-state index in [9.17, 15) is 9.90 Å². The Kier molecular flexibility index (Phi) is 14.7. The van der Waals surface area contributed by atoms with Crippen LogP contribution in [0.15, 0.2) is 84.7 Å². The standard InChI is InChI=1S/C35H36NS.C13H24O2.Ir/c1-22(2)31-30-16-17-36-32(29-19-23(3)18-24(4)20-29)34(30)37-33(31)28-14-12-27(13-15-28)26-10-8-25(9-11-26)21-35(5,6)7;1-5-10(6-2)12(14)9-13(15)11(7-3)8-4;/h8-19,22H,21H2,1-7H3;9-11,14H,5-8H2,1-4H3;/q-1;;/b;12-9-;/i17D,18D,19D;;. The maximum Gasteiger partial charge on any atom is 0.162 e. The van der Waals surface area contributed by atoms with Crippen LogP contribution in [0.1, 0.15) is 120 Å². The summed E-state index contributed by atoms with van der Waals surface area (Å²) < 4.78 is 26.5. The van der Waals surface area contributed by atoms with Crippen molar-refractivity contribution in [3.63, 3.8) is 0 Å². The van der Waals surface area contributed by atoms with E-state index < -0.39 is 0 Å². The van der Waals surface area contributed by atoms with Gasteiger partial charge in [-0.2, -0.15) is 0 Å². The van der Waals surface area contributed by atoms with Gasteiger partial charge >= 0.3 is 0 Å². The summed E-state index contributed by atoms with van der Waals surface area (Å²) in [5.74, 6) is 0.790. The molecule has 0 aliphatic heterocycles. The molecule has 0 saturated carbocycles. The van der Waals surface area contributed by atoms with Crippen LogP contribution in [0.4, 0.5) is 0 Å². The number of aliphatic hydroxyl groups is 1. The van der Waals surface area contributed by atoms with E-state index in [1.165, 1.54) is 33.2 Å². The molecule has 0 spiro atoms. The van der Waals surface area contributed by atoms with Gasteiger partial charge in [0.2, 0.25) is 0 Å². The Hall–Kier alpha value is -3.37. The number of aromatic nitrogens is 1. The molecular weight excluding hydrogens is 847 g/mol. The van der Waals surface area contributed by atoms with Crippen molar-refractivity contribution in [1.82, 2.24) is 4.98 Å². The number of nitrogens with zero attached hydrogens (tertiary/aromatic N) is 1. The fourth-order valence-electron chi connectivity index (χ4n) is 6.83. The van der Waals surface area contributed by atoms with Crippen molar-refractivity contribution in [2.75, 3.05) is 0 Å². The number of allylic oxidation sites excluding steroid dienone is 2. The van der Waals surface area contributed by atoms with Crippen LogP contribution in [-0.2, 0) is 31.3 Å². The molecule has 2 heterocycles. The molecule has 0 atom stereocenters. The molecule has 2 aromatic heterocycles. The predicted molar refractivity (Wildman–Crippen MR) is 225 cm³/mol. The number of rotatable bonds is 12. The first-order chi connectivity index (χ1) is 25.9. The fourth-order valence-corrected chi connectivity index (χ4v) is 8.27. The minimum absolute atomic E-state index is 0. The van der Waals surface area contributed by atoms with Crippen LogP contribution < -0.4 is 0 Å². The molecule has 0 bridgehead atoms. The number of aliphatic hydroxyl groups excluding tert-OH is 1. The Bertz CT molecular complexity index is 2120. The molecule has 3 aromatic carbocycles. The van der Waals surface area contributed by atoms with Crippen molar-refractivity contribution in [1.29, 1.82) is 0 Å². The van der Waals surface area contributed by atoms with Crippen LogP contribution in [0, 0.1) is 37.2 Å². The Labute approximate surface area is 342 Å². The number of ketones is 1. The van der Waals surface area contributed by atoms with Gasteiger partial charge in [0.25, 0.3) is 0 Å². The van der Waals surface area contributed by atoms with Gasteiger partial charge in [0.05, 0.1) is 7.13 Å². The quantitative estimate of drug-likeness (QED) is 0.0771. The SMILES string of the molecule is CCC(CC)C(=O)/C=C(\O)C(CC)CC.[2H]c1cc2c(C(C)C)c(-c3ccc(-c4ccc(CC(C)(C)C)cc4)cc3)sc2c(-c2[c-]c(C)c([2H])c(C)c2[2H])n1.[Ir]. The van der Waals surface area contributed by atoms with Crippen LogP contribution in [0.3, 0.4) is 0 Å². The van der Waals surface area contributed by atoms with Gasteiger partial charge in [-0.3, -0.25) is 4.79 Å². The average Bonchev–Trinajstić information content (AvgIpc) is 3.53.